The van der Waals surface area contributed by atoms with Crippen LogP contribution in [0.5, 0.6) is 5.75 Å². The minimum atomic E-state index is -0.252. The summed E-state index contributed by atoms with van der Waals surface area (Å²) in [7, 11) is 0. The van der Waals surface area contributed by atoms with Crippen molar-refractivity contribution in [1.82, 2.24) is 5.32 Å². The summed E-state index contributed by atoms with van der Waals surface area (Å²) in [4.78, 5) is 12.0. The molecule has 1 atom stereocenters. The molecule has 0 aromatic heterocycles. The van der Waals surface area contributed by atoms with Gasteiger partial charge in [-0.2, -0.15) is 5.26 Å². The molecule has 2 rings (SSSR count). The van der Waals surface area contributed by atoms with Crippen molar-refractivity contribution in [3.05, 3.63) is 65.2 Å². The van der Waals surface area contributed by atoms with Crippen LogP contribution in [0.1, 0.15) is 34.5 Å². The molecule has 4 heteroatoms. The lowest BCUT2D eigenvalue weighted by atomic mass is 10.1. The predicted molar refractivity (Wildman–Crippen MR) is 75.1 cm³/mol. The summed E-state index contributed by atoms with van der Waals surface area (Å²) >= 11 is 0. The molecule has 20 heavy (non-hydrogen) atoms. The highest BCUT2D eigenvalue weighted by Gasteiger charge is 2.11. The van der Waals surface area contributed by atoms with Crippen molar-refractivity contribution in [3.63, 3.8) is 0 Å². The average Bonchev–Trinajstić information content (AvgIpc) is 2.47. The molecule has 0 radical (unpaired) electrons. The zero-order valence-corrected chi connectivity index (χ0v) is 11.0. The number of carbonyl (C=O) groups is 1. The molecule has 1 amide bonds. The fourth-order valence-electron chi connectivity index (χ4n) is 1.86. The van der Waals surface area contributed by atoms with Gasteiger partial charge < -0.3 is 10.4 Å². The van der Waals surface area contributed by atoms with Crippen molar-refractivity contribution in [1.29, 1.82) is 5.26 Å². The first-order chi connectivity index (χ1) is 9.60. The van der Waals surface area contributed by atoms with Gasteiger partial charge >= 0.3 is 0 Å². The van der Waals surface area contributed by atoms with Crippen LogP contribution in [0.4, 0.5) is 0 Å². The molecule has 0 spiro atoms. The Morgan fingerprint density at radius 3 is 2.55 bits per heavy atom. The molecule has 2 aromatic carbocycles. The van der Waals surface area contributed by atoms with Crippen LogP contribution in [0.15, 0.2) is 48.5 Å². The Bertz CT molecular complexity index is 657. The first-order valence-corrected chi connectivity index (χ1v) is 6.20. The summed E-state index contributed by atoms with van der Waals surface area (Å²) in [6, 6.07) is 15.1. The van der Waals surface area contributed by atoms with E-state index in [-0.39, 0.29) is 17.7 Å². The topological polar surface area (TPSA) is 73.1 Å². The molecule has 100 valence electrons. The zero-order chi connectivity index (χ0) is 14.5. The second-order valence-electron chi connectivity index (χ2n) is 4.48. The number of benzene rings is 2. The molecule has 0 aliphatic rings. The Morgan fingerprint density at radius 2 is 1.95 bits per heavy atom. The highest BCUT2D eigenvalue weighted by molar-refractivity contribution is 5.94. The van der Waals surface area contributed by atoms with Crippen molar-refractivity contribution in [2.24, 2.45) is 0 Å². The van der Waals surface area contributed by atoms with Gasteiger partial charge in [0, 0.05) is 5.56 Å². The summed E-state index contributed by atoms with van der Waals surface area (Å²) in [5.74, 6) is -0.193. The molecule has 0 bridgehead atoms. The third kappa shape index (κ3) is 3.15. The molecular weight excluding hydrogens is 252 g/mol. The second kappa shape index (κ2) is 5.89. The summed E-state index contributed by atoms with van der Waals surface area (Å²) in [5.41, 5.74) is 1.91. The molecule has 0 unspecified atom stereocenters. The van der Waals surface area contributed by atoms with E-state index in [9.17, 15) is 9.90 Å². The number of nitriles is 1. The van der Waals surface area contributed by atoms with Gasteiger partial charge in [0.1, 0.15) is 5.75 Å². The summed E-state index contributed by atoms with van der Waals surface area (Å²) in [6.45, 7) is 1.86. The number of rotatable bonds is 3. The lowest BCUT2D eigenvalue weighted by Gasteiger charge is -2.14. The van der Waals surface area contributed by atoms with Gasteiger partial charge in [-0.3, -0.25) is 4.79 Å². The van der Waals surface area contributed by atoms with Crippen molar-refractivity contribution in [2.75, 3.05) is 0 Å². The van der Waals surface area contributed by atoms with Gasteiger partial charge in [0.2, 0.25) is 0 Å². The van der Waals surface area contributed by atoms with E-state index in [0.29, 0.717) is 11.1 Å². The Balaban J connectivity index is 2.09. The molecule has 2 N–H and O–H groups in total. The standard InChI is InChI=1S/C16H14N2O2/c1-11(13-7-5-12(10-17)6-8-13)18-16(20)14-3-2-4-15(19)9-14/h2-9,11,19H,1H3,(H,18,20)/t11-/m0/s1. The van der Waals surface area contributed by atoms with E-state index >= 15 is 0 Å². The number of nitrogens with zero attached hydrogens (tertiary/aromatic N) is 1. The number of aromatic hydroxyl groups is 1. The van der Waals surface area contributed by atoms with Gasteiger partial charge in [-0.05, 0) is 42.8 Å². The van der Waals surface area contributed by atoms with Crippen LogP contribution in [-0.4, -0.2) is 11.0 Å². The highest BCUT2D eigenvalue weighted by Crippen LogP contribution is 2.15. The number of hydrogen-bond acceptors (Lipinski definition) is 3. The number of phenols is 1. The van der Waals surface area contributed by atoms with Gasteiger partial charge in [0.05, 0.1) is 17.7 Å². The van der Waals surface area contributed by atoms with Crippen molar-refractivity contribution in [2.45, 2.75) is 13.0 Å². The minimum Gasteiger partial charge on any atom is -0.508 e. The maximum absolute atomic E-state index is 12.0. The Hall–Kier alpha value is -2.80. The summed E-state index contributed by atoms with van der Waals surface area (Å²) in [5, 5.41) is 20.9. The van der Waals surface area contributed by atoms with Gasteiger partial charge in [-0.15, -0.1) is 0 Å². The van der Waals surface area contributed by atoms with E-state index in [1.807, 2.05) is 19.1 Å². The third-order valence-corrected chi connectivity index (χ3v) is 3.00. The maximum Gasteiger partial charge on any atom is 0.251 e. The SMILES string of the molecule is C[C@H](NC(=O)c1cccc(O)c1)c1ccc(C#N)cc1. The van der Waals surface area contributed by atoms with E-state index in [0.717, 1.165) is 5.56 Å². The van der Waals surface area contributed by atoms with Gasteiger partial charge in [-0.1, -0.05) is 18.2 Å². The van der Waals surface area contributed by atoms with Crippen molar-refractivity contribution in [3.8, 4) is 11.8 Å². The average molecular weight is 266 g/mol. The third-order valence-electron chi connectivity index (χ3n) is 3.00. The lowest BCUT2D eigenvalue weighted by molar-refractivity contribution is 0.0939. The van der Waals surface area contributed by atoms with E-state index in [2.05, 4.69) is 11.4 Å². The van der Waals surface area contributed by atoms with Crippen LogP contribution in [0.25, 0.3) is 0 Å². The molecule has 0 saturated heterocycles. The first kappa shape index (κ1) is 13.6. The molecule has 0 aliphatic carbocycles. The molecule has 0 aliphatic heterocycles. The van der Waals surface area contributed by atoms with Crippen LogP contribution >= 0.6 is 0 Å². The van der Waals surface area contributed by atoms with Gasteiger partial charge in [-0.25, -0.2) is 0 Å². The number of carbonyl (C=O) groups excluding carboxylic acids is 1. The fraction of sp³-hybridized carbons (Fsp3) is 0.125. The largest absolute Gasteiger partial charge is 0.508 e. The van der Waals surface area contributed by atoms with E-state index in [4.69, 9.17) is 5.26 Å². The number of amides is 1. The Morgan fingerprint density at radius 1 is 1.25 bits per heavy atom. The fourth-order valence-corrected chi connectivity index (χ4v) is 1.86. The van der Waals surface area contributed by atoms with Gasteiger partial charge in [0.25, 0.3) is 5.91 Å². The van der Waals surface area contributed by atoms with E-state index in [1.54, 1.807) is 24.3 Å². The van der Waals surface area contributed by atoms with E-state index in [1.165, 1.54) is 12.1 Å². The molecule has 4 nitrogen and oxygen atoms in total. The van der Waals surface area contributed by atoms with Crippen LogP contribution in [0, 0.1) is 11.3 Å². The number of hydrogen-bond donors (Lipinski definition) is 2. The van der Waals surface area contributed by atoms with Crippen molar-refractivity contribution < 1.29 is 9.90 Å². The second-order valence-corrected chi connectivity index (χ2v) is 4.48. The quantitative estimate of drug-likeness (QED) is 0.897. The van der Waals surface area contributed by atoms with Gasteiger partial charge in [0.15, 0.2) is 0 Å². The molecule has 0 heterocycles. The van der Waals surface area contributed by atoms with Crippen LogP contribution in [-0.2, 0) is 0 Å². The Labute approximate surface area is 117 Å². The molecule has 0 saturated carbocycles. The summed E-state index contributed by atoms with van der Waals surface area (Å²) < 4.78 is 0. The summed E-state index contributed by atoms with van der Waals surface area (Å²) in [6.07, 6.45) is 0. The number of phenolic OH excluding ortho intramolecular Hbond substituents is 1. The zero-order valence-electron chi connectivity index (χ0n) is 11.0. The molecular formula is C16H14N2O2. The first-order valence-electron chi connectivity index (χ1n) is 6.20. The smallest absolute Gasteiger partial charge is 0.251 e. The van der Waals surface area contributed by atoms with Crippen LogP contribution in [0.3, 0.4) is 0 Å². The Kier molecular flexibility index (Phi) is 4.02. The maximum atomic E-state index is 12.0. The predicted octanol–water partition coefficient (Wildman–Crippen LogP) is 2.75. The monoisotopic (exact) mass is 266 g/mol. The number of nitrogens with one attached hydrogen (secondary N) is 1. The minimum absolute atomic E-state index is 0.0590. The molecule has 2 aromatic rings. The highest BCUT2D eigenvalue weighted by atomic mass is 16.3. The van der Waals surface area contributed by atoms with Crippen LogP contribution in [0.2, 0.25) is 0 Å². The van der Waals surface area contributed by atoms with Crippen LogP contribution < -0.4 is 5.32 Å². The van der Waals surface area contributed by atoms with Crippen molar-refractivity contribution >= 4 is 5.91 Å². The lowest BCUT2D eigenvalue weighted by Crippen LogP contribution is -2.26. The van der Waals surface area contributed by atoms with E-state index < -0.39 is 0 Å². The normalized spacial score (nSPS) is 11.4. The molecule has 0 fully saturated rings.